The van der Waals surface area contributed by atoms with E-state index < -0.39 is 0 Å². The molecular weight excluding hydrogens is 466 g/mol. The molecule has 1 aliphatic carbocycles. The molecule has 196 valence electrons. The number of ketones is 1. The van der Waals surface area contributed by atoms with E-state index in [1.54, 1.807) is 13.3 Å². The number of nitrogens with one attached hydrogen (secondary N) is 2. The number of aromatic amines is 1. The van der Waals surface area contributed by atoms with Crippen LogP contribution in [-0.2, 0) is 9.59 Å². The first kappa shape index (κ1) is 25.4. The van der Waals surface area contributed by atoms with E-state index in [2.05, 4.69) is 38.3 Å². The molecule has 2 N–H and O–H groups in total. The lowest BCUT2D eigenvalue weighted by Gasteiger charge is -2.37. The van der Waals surface area contributed by atoms with Crippen LogP contribution in [0, 0.1) is 11.3 Å². The van der Waals surface area contributed by atoms with Gasteiger partial charge in [0.05, 0.1) is 36.1 Å². The summed E-state index contributed by atoms with van der Waals surface area (Å²) >= 11 is 0. The van der Waals surface area contributed by atoms with E-state index in [-0.39, 0.29) is 23.3 Å². The first-order valence-corrected chi connectivity index (χ1v) is 13.4. The Morgan fingerprint density at radius 2 is 2.05 bits per heavy atom. The molecule has 3 heterocycles. The van der Waals surface area contributed by atoms with Crippen molar-refractivity contribution in [3.63, 3.8) is 0 Å². The van der Waals surface area contributed by atoms with Crippen molar-refractivity contribution in [1.29, 1.82) is 0 Å². The van der Waals surface area contributed by atoms with E-state index >= 15 is 0 Å². The van der Waals surface area contributed by atoms with Gasteiger partial charge < -0.3 is 19.9 Å². The normalized spacial score (nSPS) is 18.9. The largest absolute Gasteiger partial charge is 0.480 e. The number of likely N-dealkylation sites (tertiary alicyclic amines) is 1. The second kappa shape index (κ2) is 10.6. The second-order valence-electron chi connectivity index (χ2n) is 10.8. The molecule has 0 bridgehead atoms. The lowest BCUT2D eigenvalue weighted by Crippen LogP contribution is -2.48. The molecule has 1 saturated heterocycles. The van der Waals surface area contributed by atoms with E-state index in [0.717, 1.165) is 73.2 Å². The minimum Gasteiger partial charge on any atom is -0.480 e. The van der Waals surface area contributed by atoms with E-state index in [0.29, 0.717) is 24.5 Å². The molecular formula is C29H37N5O3. The maximum atomic E-state index is 13.2. The molecule has 2 aromatic heterocycles. The fourth-order valence-corrected chi connectivity index (χ4v) is 5.77. The number of imidazole rings is 1. The number of methoxy groups -OCH3 is 1. The maximum absolute atomic E-state index is 13.2. The van der Waals surface area contributed by atoms with E-state index in [1.165, 1.54) is 0 Å². The van der Waals surface area contributed by atoms with Crippen LogP contribution < -0.4 is 10.1 Å². The number of amides is 1. The lowest BCUT2D eigenvalue weighted by atomic mass is 9.94. The van der Waals surface area contributed by atoms with Crippen molar-refractivity contribution < 1.29 is 14.3 Å². The molecule has 37 heavy (non-hydrogen) atoms. The highest BCUT2D eigenvalue weighted by atomic mass is 16.5. The Hall–Kier alpha value is -3.26. The van der Waals surface area contributed by atoms with E-state index in [1.807, 2.05) is 31.2 Å². The minimum absolute atomic E-state index is 0.0904. The molecule has 3 aromatic rings. The van der Waals surface area contributed by atoms with Gasteiger partial charge in [-0.1, -0.05) is 38.0 Å². The summed E-state index contributed by atoms with van der Waals surface area (Å²) in [6.45, 7) is 3.91. The number of para-hydroxylation sites is 1. The number of benzene rings is 1. The summed E-state index contributed by atoms with van der Waals surface area (Å²) in [5, 5.41) is 4.32. The second-order valence-corrected chi connectivity index (χ2v) is 10.8. The van der Waals surface area contributed by atoms with Crippen LogP contribution in [0.3, 0.4) is 0 Å². The Kier molecular flexibility index (Phi) is 7.29. The van der Waals surface area contributed by atoms with Gasteiger partial charge in [-0.15, -0.1) is 0 Å². The number of hydrogen-bond donors (Lipinski definition) is 2. The van der Waals surface area contributed by atoms with Crippen LogP contribution in [0.25, 0.3) is 22.2 Å². The number of aromatic nitrogens is 3. The van der Waals surface area contributed by atoms with Crippen molar-refractivity contribution in [2.75, 3.05) is 27.2 Å². The van der Waals surface area contributed by atoms with Gasteiger partial charge in [0.15, 0.2) is 0 Å². The van der Waals surface area contributed by atoms with Gasteiger partial charge in [0.1, 0.15) is 11.6 Å². The van der Waals surface area contributed by atoms with Crippen LogP contribution >= 0.6 is 0 Å². The number of carbonyl (C=O) groups is 2. The zero-order valence-corrected chi connectivity index (χ0v) is 22.0. The predicted octanol–water partition coefficient (Wildman–Crippen LogP) is 4.67. The standard InChI is InChI=1S/C29H37N5O3/c1-4-20(35)11-6-5-7-13-24(32-27(36)22-15-29(22)17-34(2)18-29)26-30-16-25(31-26)21-14-19-10-8-9-12-23(19)33-28(21)37-3/h8-10,12,14,16,22,24H,4-7,11,13,15,17-18H2,1-3H3,(H,30,31)(H,32,36)/t22?,24-/m0/s1. The highest BCUT2D eigenvalue weighted by Crippen LogP contribution is 2.58. The van der Waals surface area contributed by atoms with Crippen molar-refractivity contribution >= 4 is 22.6 Å². The number of carbonyl (C=O) groups excluding carboxylic acids is 2. The summed E-state index contributed by atoms with van der Waals surface area (Å²) in [5.41, 5.74) is 2.69. The first-order chi connectivity index (χ1) is 17.9. The molecule has 1 spiro atoms. The number of unbranched alkanes of at least 4 members (excludes halogenated alkanes) is 2. The molecule has 2 aliphatic rings. The van der Waals surface area contributed by atoms with Crippen LogP contribution in [0.4, 0.5) is 0 Å². The van der Waals surface area contributed by atoms with Gasteiger partial charge in [-0.25, -0.2) is 9.97 Å². The number of nitrogens with zero attached hydrogens (tertiary/aromatic N) is 3. The number of hydrogen-bond acceptors (Lipinski definition) is 6. The molecule has 1 unspecified atom stereocenters. The zero-order valence-electron chi connectivity index (χ0n) is 22.0. The molecule has 1 aromatic carbocycles. The molecule has 1 saturated carbocycles. The van der Waals surface area contributed by atoms with Crippen molar-refractivity contribution in [2.45, 2.75) is 57.9 Å². The van der Waals surface area contributed by atoms with Gasteiger partial charge in [-0.3, -0.25) is 9.59 Å². The number of Topliss-reactive ketones (excluding diaryl/α,β-unsaturated/α-hetero) is 1. The van der Waals surface area contributed by atoms with Gasteiger partial charge in [0, 0.05) is 42.7 Å². The zero-order chi connectivity index (χ0) is 26.0. The van der Waals surface area contributed by atoms with Crippen molar-refractivity contribution in [1.82, 2.24) is 25.2 Å². The van der Waals surface area contributed by atoms with Gasteiger partial charge in [-0.2, -0.15) is 0 Å². The van der Waals surface area contributed by atoms with Crippen molar-refractivity contribution in [3.05, 3.63) is 42.4 Å². The van der Waals surface area contributed by atoms with Gasteiger partial charge in [0.25, 0.3) is 0 Å². The maximum Gasteiger partial charge on any atom is 0.224 e. The highest BCUT2D eigenvalue weighted by Gasteiger charge is 2.63. The Labute approximate surface area is 218 Å². The Balaban J connectivity index is 1.32. The van der Waals surface area contributed by atoms with Gasteiger partial charge in [0.2, 0.25) is 11.8 Å². The molecule has 1 aliphatic heterocycles. The fourth-order valence-electron chi connectivity index (χ4n) is 5.77. The molecule has 2 fully saturated rings. The monoisotopic (exact) mass is 503 g/mol. The third kappa shape index (κ3) is 5.39. The number of fused-ring (bicyclic) bond motifs is 1. The van der Waals surface area contributed by atoms with Crippen LogP contribution in [-0.4, -0.2) is 58.8 Å². The first-order valence-electron chi connectivity index (χ1n) is 13.4. The summed E-state index contributed by atoms with van der Waals surface area (Å²) in [6.07, 6.45) is 7.51. The molecule has 2 atom stereocenters. The average molecular weight is 504 g/mol. The summed E-state index contributed by atoms with van der Waals surface area (Å²) in [4.78, 5) is 39.9. The number of rotatable bonds is 12. The molecule has 1 amide bonds. The average Bonchev–Trinajstić information content (AvgIpc) is 3.43. The fraction of sp³-hybridized carbons (Fsp3) is 0.517. The molecule has 0 radical (unpaired) electrons. The van der Waals surface area contributed by atoms with Crippen LogP contribution in [0.15, 0.2) is 36.5 Å². The summed E-state index contributed by atoms with van der Waals surface area (Å²) < 4.78 is 5.59. The summed E-state index contributed by atoms with van der Waals surface area (Å²) in [5.74, 6) is 1.80. The number of pyridine rings is 1. The SMILES string of the molecule is CCC(=O)CCCCC[C@H](NC(=O)C1CC12CN(C)C2)c1ncc(-c2cc3ccccc3nc2OC)[nH]1. The molecule has 8 nitrogen and oxygen atoms in total. The quantitative estimate of drug-likeness (QED) is 0.348. The number of ether oxygens (including phenoxy) is 1. The summed E-state index contributed by atoms with van der Waals surface area (Å²) in [6, 6.07) is 9.78. The highest BCUT2D eigenvalue weighted by molar-refractivity contribution is 5.85. The predicted molar refractivity (Wildman–Crippen MR) is 143 cm³/mol. The van der Waals surface area contributed by atoms with Crippen LogP contribution in [0.2, 0.25) is 0 Å². The minimum atomic E-state index is -0.210. The summed E-state index contributed by atoms with van der Waals surface area (Å²) in [7, 11) is 3.72. The Morgan fingerprint density at radius 1 is 1.24 bits per heavy atom. The van der Waals surface area contributed by atoms with E-state index in [4.69, 9.17) is 4.74 Å². The molecule has 8 heteroatoms. The van der Waals surface area contributed by atoms with Crippen molar-refractivity contribution in [2.24, 2.45) is 11.3 Å². The third-order valence-electron chi connectivity index (χ3n) is 7.93. The smallest absolute Gasteiger partial charge is 0.224 e. The topological polar surface area (TPSA) is 100 Å². The number of H-pyrrole nitrogens is 1. The van der Waals surface area contributed by atoms with Crippen molar-refractivity contribution in [3.8, 4) is 17.1 Å². The van der Waals surface area contributed by atoms with Crippen LogP contribution in [0.1, 0.15) is 63.7 Å². The van der Waals surface area contributed by atoms with E-state index in [9.17, 15) is 9.59 Å². The Bertz CT molecular complexity index is 1280. The van der Waals surface area contributed by atoms with Crippen LogP contribution in [0.5, 0.6) is 5.88 Å². The van der Waals surface area contributed by atoms with Gasteiger partial charge in [-0.05, 0) is 38.4 Å². The Morgan fingerprint density at radius 3 is 2.81 bits per heavy atom. The third-order valence-corrected chi connectivity index (χ3v) is 7.93. The van der Waals surface area contributed by atoms with Gasteiger partial charge >= 0.3 is 0 Å². The molecule has 5 rings (SSSR count). The lowest BCUT2D eigenvalue weighted by molar-refractivity contribution is -0.125.